The maximum atomic E-state index is 10.5. The maximum absolute atomic E-state index is 10.5. The second-order valence-corrected chi connectivity index (χ2v) is 4.39. The molecule has 2 unspecified atom stereocenters. The highest BCUT2D eigenvalue weighted by Gasteiger charge is 2.23. The number of aliphatic hydroxyl groups excluding tert-OH is 2. The van der Waals surface area contributed by atoms with E-state index >= 15 is 0 Å². The van der Waals surface area contributed by atoms with Crippen LogP contribution in [0.5, 0.6) is 0 Å². The van der Waals surface area contributed by atoms with Gasteiger partial charge in [0.1, 0.15) is 6.10 Å². The van der Waals surface area contributed by atoms with Crippen molar-refractivity contribution in [1.29, 1.82) is 0 Å². The van der Waals surface area contributed by atoms with Crippen LogP contribution in [0.15, 0.2) is 24.3 Å². The van der Waals surface area contributed by atoms with Gasteiger partial charge in [0.05, 0.1) is 12.5 Å². The predicted octanol–water partition coefficient (Wildman–Crippen LogP) is 1.68. The van der Waals surface area contributed by atoms with Crippen LogP contribution in [0.3, 0.4) is 0 Å². The summed E-state index contributed by atoms with van der Waals surface area (Å²) in [6.07, 6.45) is -2.91. The zero-order chi connectivity index (χ0) is 13.0. The zero-order valence-electron chi connectivity index (χ0n) is 10.00. The van der Waals surface area contributed by atoms with Crippen molar-refractivity contribution in [3.05, 3.63) is 35.4 Å². The fraction of sp³-hybridized carbons (Fsp3) is 0.462. The Morgan fingerprint density at radius 2 is 1.71 bits per heavy atom. The lowest BCUT2D eigenvalue weighted by atomic mass is 9.91. The largest absolute Gasteiger partial charge is 0.481 e. The first kappa shape index (κ1) is 13.7. The zero-order valence-corrected chi connectivity index (χ0v) is 10.00. The third-order valence-electron chi connectivity index (χ3n) is 2.68. The normalized spacial score (nSPS) is 14.6. The standard InChI is InChI=1S/C13H18O4/c1-8(2)9-5-3-4-6-10(9)13(17)11(14)7-12(15)16/h3-6,8,11,13-14,17H,7H2,1-2H3,(H,15,16). The smallest absolute Gasteiger partial charge is 0.306 e. The van der Waals surface area contributed by atoms with E-state index in [4.69, 9.17) is 5.11 Å². The van der Waals surface area contributed by atoms with Crippen LogP contribution in [0.1, 0.15) is 43.4 Å². The molecule has 0 saturated heterocycles. The van der Waals surface area contributed by atoms with E-state index in [1.165, 1.54) is 0 Å². The molecule has 0 radical (unpaired) electrons. The summed E-state index contributed by atoms with van der Waals surface area (Å²) >= 11 is 0. The van der Waals surface area contributed by atoms with E-state index in [1.54, 1.807) is 12.1 Å². The summed E-state index contributed by atoms with van der Waals surface area (Å²) in [4.78, 5) is 10.5. The average molecular weight is 238 g/mol. The molecule has 0 aromatic heterocycles. The first-order chi connectivity index (χ1) is 7.93. The van der Waals surface area contributed by atoms with Crippen LogP contribution < -0.4 is 0 Å². The summed E-state index contributed by atoms with van der Waals surface area (Å²) in [5, 5.41) is 28.2. The maximum Gasteiger partial charge on any atom is 0.306 e. The molecule has 1 rings (SSSR count). The Labute approximate surface area is 101 Å². The number of carbonyl (C=O) groups is 1. The third-order valence-corrected chi connectivity index (χ3v) is 2.68. The van der Waals surface area contributed by atoms with Crippen LogP contribution in [-0.4, -0.2) is 27.4 Å². The van der Waals surface area contributed by atoms with Gasteiger partial charge < -0.3 is 15.3 Å². The van der Waals surface area contributed by atoms with Gasteiger partial charge in [-0.1, -0.05) is 38.1 Å². The minimum atomic E-state index is -1.28. The van der Waals surface area contributed by atoms with Crippen molar-refractivity contribution in [2.24, 2.45) is 0 Å². The average Bonchev–Trinajstić information content (AvgIpc) is 2.27. The molecule has 1 aromatic carbocycles. The van der Waals surface area contributed by atoms with Crippen molar-refractivity contribution in [3.63, 3.8) is 0 Å². The number of hydrogen-bond donors (Lipinski definition) is 3. The van der Waals surface area contributed by atoms with Crippen LogP contribution in [0, 0.1) is 0 Å². The highest BCUT2D eigenvalue weighted by molar-refractivity contribution is 5.67. The molecular formula is C13H18O4. The molecule has 3 N–H and O–H groups in total. The first-order valence-electron chi connectivity index (χ1n) is 5.60. The Morgan fingerprint density at radius 1 is 1.18 bits per heavy atom. The van der Waals surface area contributed by atoms with Crippen molar-refractivity contribution in [2.45, 2.75) is 38.4 Å². The first-order valence-corrected chi connectivity index (χ1v) is 5.60. The summed E-state index contributed by atoms with van der Waals surface area (Å²) in [5.41, 5.74) is 1.51. The number of benzene rings is 1. The summed E-state index contributed by atoms with van der Waals surface area (Å²) in [6, 6.07) is 7.20. The van der Waals surface area contributed by atoms with Crippen LogP contribution in [0.25, 0.3) is 0 Å². The topological polar surface area (TPSA) is 77.8 Å². The molecule has 4 nitrogen and oxygen atoms in total. The van der Waals surface area contributed by atoms with Gasteiger partial charge in [-0.15, -0.1) is 0 Å². The predicted molar refractivity (Wildman–Crippen MR) is 63.8 cm³/mol. The Balaban J connectivity index is 2.95. The Kier molecular flexibility index (Phi) is 4.66. The van der Waals surface area contributed by atoms with E-state index in [2.05, 4.69) is 0 Å². The highest BCUT2D eigenvalue weighted by Crippen LogP contribution is 2.27. The van der Waals surface area contributed by atoms with Gasteiger partial charge in [0.15, 0.2) is 0 Å². The van der Waals surface area contributed by atoms with Gasteiger partial charge in [0.2, 0.25) is 0 Å². The SMILES string of the molecule is CC(C)c1ccccc1C(O)C(O)CC(=O)O. The lowest BCUT2D eigenvalue weighted by Crippen LogP contribution is -2.22. The fourth-order valence-corrected chi connectivity index (χ4v) is 1.80. The molecule has 1 aromatic rings. The summed E-state index contributed by atoms with van der Waals surface area (Å²) < 4.78 is 0. The van der Waals surface area contributed by atoms with Gasteiger partial charge >= 0.3 is 5.97 Å². The van der Waals surface area contributed by atoms with Crippen molar-refractivity contribution in [3.8, 4) is 0 Å². The van der Waals surface area contributed by atoms with E-state index in [0.717, 1.165) is 5.56 Å². The number of hydrogen-bond acceptors (Lipinski definition) is 3. The van der Waals surface area contributed by atoms with Crippen LogP contribution in [0.2, 0.25) is 0 Å². The van der Waals surface area contributed by atoms with Gasteiger partial charge in [-0.2, -0.15) is 0 Å². The van der Waals surface area contributed by atoms with Gasteiger partial charge in [-0.05, 0) is 17.0 Å². The summed E-state index contributed by atoms with van der Waals surface area (Å²) in [5.74, 6) is -0.920. The van der Waals surface area contributed by atoms with Gasteiger partial charge in [0.25, 0.3) is 0 Å². The molecule has 0 amide bonds. The van der Waals surface area contributed by atoms with Crippen molar-refractivity contribution < 1.29 is 20.1 Å². The molecule has 0 bridgehead atoms. The molecule has 2 atom stereocenters. The lowest BCUT2D eigenvalue weighted by Gasteiger charge is -2.21. The van der Waals surface area contributed by atoms with Gasteiger partial charge in [0, 0.05) is 0 Å². The van der Waals surface area contributed by atoms with Crippen molar-refractivity contribution in [2.75, 3.05) is 0 Å². The van der Waals surface area contributed by atoms with E-state index in [9.17, 15) is 15.0 Å². The summed E-state index contributed by atoms with van der Waals surface area (Å²) in [7, 11) is 0. The Morgan fingerprint density at radius 3 is 2.18 bits per heavy atom. The monoisotopic (exact) mass is 238 g/mol. The van der Waals surface area contributed by atoms with Crippen LogP contribution >= 0.6 is 0 Å². The minimum absolute atomic E-state index is 0.206. The molecule has 0 saturated carbocycles. The third kappa shape index (κ3) is 3.54. The second kappa shape index (κ2) is 5.80. The summed E-state index contributed by atoms with van der Waals surface area (Å²) in [6.45, 7) is 3.96. The second-order valence-electron chi connectivity index (χ2n) is 4.39. The molecule has 0 aliphatic carbocycles. The molecule has 0 spiro atoms. The Bertz CT molecular complexity index is 387. The molecule has 17 heavy (non-hydrogen) atoms. The minimum Gasteiger partial charge on any atom is -0.481 e. The molecular weight excluding hydrogens is 220 g/mol. The quantitative estimate of drug-likeness (QED) is 0.729. The van der Waals surface area contributed by atoms with E-state index in [0.29, 0.717) is 5.56 Å². The highest BCUT2D eigenvalue weighted by atomic mass is 16.4. The molecule has 0 fully saturated rings. The molecule has 0 aliphatic heterocycles. The number of carboxylic acids is 1. The number of carboxylic acid groups (broad SMARTS) is 1. The number of aliphatic carboxylic acids is 1. The Hall–Kier alpha value is -1.39. The van der Waals surface area contributed by atoms with Crippen LogP contribution in [0.4, 0.5) is 0 Å². The molecule has 4 heteroatoms. The molecule has 0 aliphatic rings. The number of aliphatic hydroxyl groups is 2. The van der Waals surface area contributed by atoms with Crippen molar-refractivity contribution >= 4 is 5.97 Å². The lowest BCUT2D eigenvalue weighted by molar-refractivity contribution is -0.141. The fourth-order valence-electron chi connectivity index (χ4n) is 1.80. The van der Waals surface area contributed by atoms with Crippen LogP contribution in [-0.2, 0) is 4.79 Å². The van der Waals surface area contributed by atoms with Gasteiger partial charge in [-0.3, -0.25) is 4.79 Å². The van der Waals surface area contributed by atoms with E-state index < -0.39 is 24.6 Å². The van der Waals surface area contributed by atoms with E-state index in [-0.39, 0.29) is 5.92 Å². The van der Waals surface area contributed by atoms with Gasteiger partial charge in [-0.25, -0.2) is 0 Å². The molecule has 94 valence electrons. The molecule has 0 heterocycles. The van der Waals surface area contributed by atoms with Crippen molar-refractivity contribution in [1.82, 2.24) is 0 Å². The number of rotatable bonds is 5. The van der Waals surface area contributed by atoms with E-state index in [1.807, 2.05) is 26.0 Å².